The van der Waals surface area contributed by atoms with E-state index in [2.05, 4.69) is 0 Å². The standard InChI is InChI=1S/C8H12N2O5/c11-3-1-9-6(13)5-7(14)10(2-4-12)8(9)15/h5,11-13H,1-4H2. The minimum absolute atomic E-state index is 0.101. The number of hydrogen-bond acceptors (Lipinski definition) is 5. The van der Waals surface area contributed by atoms with E-state index >= 15 is 0 Å². The average molecular weight is 216 g/mol. The van der Waals surface area contributed by atoms with Crippen LogP contribution in [0.5, 0.6) is 5.88 Å². The lowest BCUT2D eigenvalue weighted by Crippen LogP contribution is -2.40. The molecule has 1 aromatic rings. The topological polar surface area (TPSA) is 105 Å². The zero-order valence-electron chi connectivity index (χ0n) is 7.96. The lowest BCUT2D eigenvalue weighted by atomic mass is 10.5. The van der Waals surface area contributed by atoms with Crippen LogP contribution in [0.15, 0.2) is 15.7 Å². The fraction of sp³-hybridized carbons (Fsp3) is 0.500. The quantitative estimate of drug-likeness (QED) is 0.525. The Morgan fingerprint density at radius 3 is 2.13 bits per heavy atom. The predicted octanol–water partition coefficient (Wildman–Crippen LogP) is -2.30. The van der Waals surface area contributed by atoms with Gasteiger partial charge in [0.25, 0.3) is 5.56 Å². The summed E-state index contributed by atoms with van der Waals surface area (Å²) in [4.78, 5) is 22.8. The van der Waals surface area contributed by atoms with E-state index in [1.54, 1.807) is 0 Å². The molecule has 0 spiro atoms. The third-order valence-electron chi connectivity index (χ3n) is 1.90. The van der Waals surface area contributed by atoms with Gasteiger partial charge in [-0.3, -0.25) is 13.9 Å². The Morgan fingerprint density at radius 1 is 1.07 bits per heavy atom. The van der Waals surface area contributed by atoms with Gasteiger partial charge in [0.1, 0.15) is 0 Å². The van der Waals surface area contributed by atoms with Crippen LogP contribution in [0.25, 0.3) is 0 Å². The van der Waals surface area contributed by atoms with Crippen molar-refractivity contribution in [3.8, 4) is 5.88 Å². The highest BCUT2D eigenvalue weighted by atomic mass is 16.3. The second kappa shape index (κ2) is 4.76. The second-order valence-electron chi connectivity index (χ2n) is 2.87. The molecular formula is C8H12N2O5. The van der Waals surface area contributed by atoms with Crippen molar-refractivity contribution in [1.82, 2.24) is 9.13 Å². The van der Waals surface area contributed by atoms with Crippen molar-refractivity contribution in [3.05, 3.63) is 26.9 Å². The average Bonchev–Trinajstić information content (AvgIpc) is 2.19. The molecule has 0 radical (unpaired) electrons. The zero-order valence-corrected chi connectivity index (χ0v) is 7.96. The van der Waals surface area contributed by atoms with Crippen LogP contribution < -0.4 is 11.2 Å². The van der Waals surface area contributed by atoms with Gasteiger partial charge in [-0.15, -0.1) is 0 Å². The summed E-state index contributed by atoms with van der Waals surface area (Å²) in [5.74, 6) is -0.492. The molecule has 7 nitrogen and oxygen atoms in total. The van der Waals surface area contributed by atoms with Gasteiger partial charge in [-0.1, -0.05) is 0 Å². The number of aliphatic hydroxyl groups excluding tert-OH is 2. The first-order valence-corrected chi connectivity index (χ1v) is 4.37. The highest BCUT2D eigenvalue weighted by molar-refractivity contribution is 5.07. The molecule has 7 heteroatoms. The van der Waals surface area contributed by atoms with E-state index in [1.807, 2.05) is 0 Å². The van der Waals surface area contributed by atoms with E-state index in [1.165, 1.54) is 0 Å². The van der Waals surface area contributed by atoms with Gasteiger partial charge in [0.05, 0.1) is 32.4 Å². The Hall–Kier alpha value is -1.60. The highest BCUT2D eigenvalue weighted by Gasteiger charge is 2.09. The molecule has 0 fully saturated rings. The van der Waals surface area contributed by atoms with Crippen LogP contribution in [0.4, 0.5) is 0 Å². The molecule has 0 aliphatic carbocycles. The molecule has 0 saturated carbocycles. The van der Waals surface area contributed by atoms with E-state index in [4.69, 9.17) is 10.2 Å². The first-order chi connectivity index (χ1) is 7.11. The van der Waals surface area contributed by atoms with Gasteiger partial charge in [0.2, 0.25) is 5.88 Å². The Labute approximate surface area is 84.5 Å². The van der Waals surface area contributed by atoms with Crippen LogP contribution in [-0.4, -0.2) is 37.7 Å². The maximum Gasteiger partial charge on any atom is 0.333 e. The molecule has 84 valence electrons. The van der Waals surface area contributed by atoms with Crippen LogP contribution in [0.3, 0.4) is 0 Å². The number of aromatic hydroxyl groups is 1. The summed E-state index contributed by atoms with van der Waals surface area (Å²) in [7, 11) is 0. The van der Waals surface area contributed by atoms with Crippen LogP contribution in [0, 0.1) is 0 Å². The van der Waals surface area contributed by atoms with Crippen LogP contribution >= 0.6 is 0 Å². The third kappa shape index (κ3) is 2.25. The van der Waals surface area contributed by atoms with Crippen LogP contribution in [0.1, 0.15) is 0 Å². The third-order valence-corrected chi connectivity index (χ3v) is 1.90. The van der Waals surface area contributed by atoms with Crippen LogP contribution in [-0.2, 0) is 13.1 Å². The summed E-state index contributed by atoms with van der Waals surface area (Å²) in [6.07, 6.45) is 0. The number of aromatic nitrogens is 2. The van der Waals surface area contributed by atoms with E-state index in [0.29, 0.717) is 0 Å². The second-order valence-corrected chi connectivity index (χ2v) is 2.87. The van der Waals surface area contributed by atoms with Crippen LogP contribution in [0.2, 0.25) is 0 Å². The van der Waals surface area contributed by atoms with Gasteiger partial charge >= 0.3 is 5.69 Å². The SMILES string of the molecule is O=c1cc(O)n(CCO)c(=O)n1CCO. The number of hydrogen-bond donors (Lipinski definition) is 3. The van der Waals surface area contributed by atoms with Gasteiger partial charge in [-0.25, -0.2) is 4.79 Å². The van der Waals surface area contributed by atoms with Crippen molar-refractivity contribution in [2.75, 3.05) is 13.2 Å². The van der Waals surface area contributed by atoms with Crippen molar-refractivity contribution in [1.29, 1.82) is 0 Å². The van der Waals surface area contributed by atoms with E-state index in [-0.39, 0.29) is 26.3 Å². The lowest BCUT2D eigenvalue weighted by molar-refractivity contribution is 0.250. The molecule has 0 atom stereocenters. The summed E-state index contributed by atoms with van der Waals surface area (Å²) in [5, 5.41) is 26.6. The van der Waals surface area contributed by atoms with E-state index < -0.39 is 17.1 Å². The van der Waals surface area contributed by atoms with E-state index in [9.17, 15) is 14.7 Å². The Bertz CT molecular complexity index is 447. The minimum Gasteiger partial charge on any atom is -0.494 e. The summed E-state index contributed by atoms with van der Waals surface area (Å²) in [6.45, 7) is -0.913. The fourth-order valence-corrected chi connectivity index (χ4v) is 1.22. The van der Waals surface area contributed by atoms with Crippen molar-refractivity contribution in [2.45, 2.75) is 13.1 Å². The lowest BCUT2D eigenvalue weighted by Gasteiger charge is -2.09. The molecule has 1 aromatic heterocycles. The van der Waals surface area contributed by atoms with Gasteiger partial charge in [-0.05, 0) is 0 Å². The molecule has 1 rings (SSSR count). The molecule has 15 heavy (non-hydrogen) atoms. The largest absolute Gasteiger partial charge is 0.494 e. The van der Waals surface area contributed by atoms with Gasteiger partial charge < -0.3 is 15.3 Å². The maximum absolute atomic E-state index is 11.5. The van der Waals surface area contributed by atoms with Gasteiger partial charge in [-0.2, -0.15) is 0 Å². The molecule has 3 N–H and O–H groups in total. The number of aliphatic hydroxyl groups is 2. The molecule has 0 aromatic carbocycles. The van der Waals surface area contributed by atoms with Crippen molar-refractivity contribution < 1.29 is 15.3 Å². The summed E-state index contributed by atoms with van der Waals surface area (Å²) in [6, 6.07) is 0.868. The van der Waals surface area contributed by atoms with Gasteiger partial charge in [0, 0.05) is 0 Å². The molecule has 0 bridgehead atoms. The maximum atomic E-state index is 11.5. The normalized spacial score (nSPS) is 10.5. The molecule has 0 aliphatic heterocycles. The number of nitrogens with zero attached hydrogens (tertiary/aromatic N) is 2. The molecule has 1 heterocycles. The monoisotopic (exact) mass is 216 g/mol. The first-order valence-electron chi connectivity index (χ1n) is 4.37. The summed E-state index contributed by atoms with van der Waals surface area (Å²) >= 11 is 0. The van der Waals surface area contributed by atoms with Crippen molar-refractivity contribution in [3.63, 3.8) is 0 Å². The minimum atomic E-state index is -0.747. The Morgan fingerprint density at radius 2 is 1.60 bits per heavy atom. The summed E-state index contributed by atoms with van der Waals surface area (Å²) < 4.78 is 1.65. The zero-order chi connectivity index (χ0) is 11.4. The molecule has 0 saturated heterocycles. The highest BCUT2D eigenvalue weighted by Crippen LogP contribution is 1.99. The Balaban J connectivity index is 3.36. The van der Waals surface area contributed by atoms with Crippen molar-refractivity contribution >= 4 is 0 Å². The summed E-state index contributed by atoms with van der Waals surface area (Å²) in [5.41, 5.74) is -1.43. The fourth-order valence-electron chi connectivity index (χ4n) is 1.22. The smallest absolute Gasteiger partial charge is 0.333 e. The first kappa shape index (κ1) is 11.5. The Kier molecular flexibility index (Phi) is 3.64. The predicted molar refractivity (Wildman–Crippen MR) is 50.8 cm³/mol. The molecule has 0 unspecified atom stereocenters. The molecular weight excluding hydrogens is 204 g/mol. The van der Waals surface area contributed by atoms with Crippen molar-refractivity contribution in [2.24, 2.45) is 0 Å². The van der Waals surface area contributed by atoms with Gasteiger partial charge in [0.15, 0.2) is 0 Å². The molecule has 0 aliphatic rings. The molecule has 0 amide bonds. The van der Waals surface area contributed by atoms with E-state index in [0.717, 1.165) is 15.2 Å². The number of rotatable bonds is 4.